The first-order valence-electron chi connectivity index (χ1n) is 11.9. The van der Waals surface area contributed by atoms with Crippen LogP contribution in [0.5, 0.6) is 0 Å². The third-order valence-electron chi connectivity index (χ3n) is 7.33. The van der Waals surface area contributed by atoms with E-state index in [2.05, 4.69) is 23.5 Å². The van der Waals surface area contributed by atoms with E-state index in [0.717, 1.165) is 48.9 Å². The van der Waals surface area contributed by atoms with Gasteiger partial charge in [-0.2, -0.15) is 5.10 Å². The number of hydrogen-bond donors (Lipinski definition) is 1. The van der Waals surface area contributed by atoms with Crippen molar-refractivity contribution < 1.29 is 13.2 Å². The van der Waals surface area contributed by atoms with Crippen molar-refractivity contribution in [1.82, 2.24) is 20.1 Å². The molecule has 1 saturated heterocycles. The Morgan fingerprint density at radius 3 is 2.73 bits per heavy atom. The monoisotopic (exact) mass is 464 g/mol. The van der Waals surface area contributed by atoms with Gasteiger partial charge in [0.05, 0.1) is 40.2 Å². The number of sulfone groups is 1. The molecule has 33 heavy (non-hydrogen) atoms. The van der Waals surface area contributed by atoms with E-state index < -0.39 is 9.84 Å². The minimum atomic E-state index is -3.06. The number of rotatable bonds is 4. The van der Waals surface area contributed by atoms with Crippen LogP contribution in [-0.4, -0.2) is 40.6 Å². The summed E-state index contributed by atoms with van der Waals surface area (Å²) in [7, 11) is -3.06. The number of pyridine rings is 1. The molecule has 3 aliphatic rings. The number of aryl methyl sites for hydroxylation is 2. The number of benzene rings is 1. The van der Waals surface area contributed by atoms with Crippen LogP contribution in [0.2, 0.25) is 0 Å². The first-order chi connectivity index (χ1) is 15.9. The van der Waals surface area contributed by atoms with Gasteiger partial charge in [-0.15, -0.1) is 0 Å². The van der Waals surface area contributed by atoms with E-state index in [0.29, 0.717) is 23.5 Å². The molecule has 7 nitrogen and oxygen atoms in total. The fourth-order valence-electron chi connectivity index (χ4n) is 5.46. The van der Waals surface area contributed by atoms with E-state index in [1.165, 1.54) is 11.1 Å². The average molecular weight is 465 g/mol. The lowest BCUT2D eigenvalue weighted by Gasteiger charge is -2.26. The molecule has 1 saturated carbocycles. The van der Waals surface area contributed by atoms with Gasteiger partial charge in [0.25, 0.3) is 5.91 Å². The molecule has 2 atom stereocenters. The van der Waals surface area contributed by atoms with Crippen molar-refractivity contribution in [1.29, 1.82) is 0 Å². The van der Waals surface area contributed by atoms with Gasteiger partial charge in [0.15, 0.2) is 15.5 Å². The Balaban J connectivity index is 1.41. The molecule has 1 aliphatic heterocycles. The van der Waals surface area contributed by atoms with Crippen LogP contribution < -0.4 is 5.32 Å². The lowest BCUT2D eigenvalue weighted by molar-refractivity contribution is 0.0934. The van der Waals surface area contributed by atoms with Crippen LogP contribution >= 0.6 is 0 Å². The van der Waals surface area contributed by atoms with Crippen LogP contribution in [0.4, 0.5) is 0 Å². The third kappa shape index (κ3) is 3.74. The summed E-state index contributed by atoms with van der Waals surface area (Å²) in [4.78, 5) is 18.5. The predicted molar refractivity (Wildman–Crippen MR) is 126 cm³/mol. The van der Waals surface area contributed by atoms with Crippen LogP contribution in [0.3, 0.4) is 0 Å². The highest BCUT2D eigenvalue weighted by molar-refractivity contribution is 7.91. The molecular weight excluding hydrogens is 436 g/mol. The molecule has 3 aromatic rings. The summed E-state index contributed by atoms with van der Waals surface area (Å²) < 4.78 is 26.0. The number of aromatic nitrogens is 3. The van der Waals surface area contributed by atoms with Gasteiger partial charge in [-0.25, -0.2) is 18.1 Å². The molecule has 3 heterocycles. The zero-order valence-electron chi connectivity index (χ0n) is 18.8. The molecule has 0 radical (unpaired) electrons. The minimum Gasteiger partial charge on any atom is -0.345 e. The molecule has 6 rings (SSSR count). The van der Waals surface area contributed by atoms with Crippen LogP contribution in [0.25, 0.3) is 11.0 Å². The second kappa shape index (κ2) is 7.65. The second-order valence-corrected chi connectivity index (χ2v) is 12.0. The summed E-state index contributed by atoms with van der Waals surface area (Å²) in [5.74, 6) is 0.522. The highest BCUT2D eigenvalue weighted by Crippen LogP contribution is 2.41. The highest BCUT2D eigenvalue weighted by Gasteiger charge is 2.34. The summed E-state index contributed by atoms with van der Waals surface area (Å²) in [6.45, 7) is 1.88. The first-order valence-corrected chi connectivity index (χ1v) is 13.7. The maximum Gasteiger partial charge on any atom is 0.252 e. The number of nitrogens with one attached hydrogen (secondary N) is 1. The molecule has 1 N–H and O–H groups in total. The molecule has 2 aliphatic carbocycles. The van der Waals surface area contributed by atoms with Crippen molar-refractivity contribution in [2.75, 3.05) is 11.5 Å². The van der Waals surface area contributed by atoms with E-state index in [9.17, 15) is 13.2 Å². The topological polar surface area (TPSA) is 93.9 Å². The van der Waals surface area contributed by atoms with Crippen LogP contribution in [0.15, 0.2) is 30.3 Å². The van der Waals surface area contributed by atoms with Crippen molar-refractivity contribution in [3.05, 3.63) is 58.4 Å². The molecule has 8 heteroatoms. The number of amides is 1. The largest absolute Gasteiger partial charge is 0.345 e. The summed E-state index contributed by atoms with van der Waals surface area (Å²) in [6.07, 6.45) is 5.69. The van der Waals surface area contributed by atoms with Gasteiger partial charge >= 0.3 is 0 Å². The molecule has 1 aromatic carbocycles. The SMILES string of the molecule is Cc1nn([C@H]2CCS(=O)(=O)C2)c2nc(C3CC3)cc(C(=O)N[C@H]3CCCc4ccccc43)c12. The average Bonchev–Trinajstić information content (AvgIpc) is 3.52. The van der Waals surface area contributed by atoms with E-state index in [4.69, 9.17) is 10.1 Å². The molecule has 172 valence electrons. The van der Waals surface area contributed by atoms with E-state index >= 15 is 0 Å². The second-order valence-electron chi connectivity index (χ2n) is 9.77. The van der Waals surface area contributed by atoms with Crippen molar-refractivity contribution in [3.8, 4) is 0 Å². The standard InChI is InChI=1S/C25H28N4O3S/c1-15-23-20(25(30)27-21-8-4-6-16-5-2-3-7-19(16)21)13-22(17-9-10-17)26-24(23)29(28-15)18-11-12-33(31,32)14-18/h2-3,5,7,13,17-18,21H,4,6,8-12,14H2,1H3,(H,27,30)/t18-,21-/m0/s1. The quantitative estimate of drug-likeness (QED) is 0.634. The van der Waals surface area contributed by atoms with E-state index in [1.807, 2.05) is 19.1 Å². The van der Waals surface area contributed by atoms with Crippen LogP contribution in [0.1, 0.15) is 83.0 Å². The summed E-state index contributed by atoms with van der Waals surface area (Å²) >= 11 is 0. The van der Waals surface area contributed by atoms with Crippen molar-refractivity contribution in [3.63, 3.8) is 0 Å². The third-order valence-corrected chi connectivity index (χ3v) is 9.08. The van der Waals surface area contributed by atoms with Gasteiger partial charge in [-0.1, -0.05) is 24.3 Å². The predicted octanol–water partition coefficient (Wildman–Crippen LogP) is 3.78. The van der Waals surface area contributed by atoms with E-state index in [1.54, 1.807) is 4.68 Å². The minimum absolute atomic E-state index is 0.00892. The van der Waals surface area contributed by atoms with Crippen molar-refractivity contribution >= 4 is 26.8 Å². The van der Waals surface area contributed by atoms with E-state index in [-0.39, 0.29) is 29.5 Å². The number of carbonyl (C=O) groups is 1. The Morgan fingerprint density at radius 2 is 1.97 bits per heavy atom. The molecular formula is C25H28N4O3S. The molecule has 0 bridgehead atoms. The molecule has 0 unspecified atom stereocenters. The maximum atomic E-state index is 13.6. The van der Waals surface area contributed by atoms with Gasteiger partial charge in [0.2, 0.25) is 0 Å². The fraction of sp³-hybridized carbons (Fsp3) is 0.480. The Kier molecular flexibility index (Phi) is 4.83. The lowest BCUT2D eigenvalue weighted by Crippen LogP contribution is -2.31. The molecule has 2 aromatic heterocycles. The lowest BCUT2D eigenvalue weighted by atomic mass is 9.87. The summed E-state index contributed by atoms with van der Waals surface area (Å²) in [5, 5.41) is 8.72. The fourth-order valence-corrected chi connectivity index (χ4v) is 7.15. The molecule has 1 amide bonds. The van der Waals surface area contributed by atoms with Crippen molar-refractivity contribution in [2.45, 2.75) is 63.5 Å². The Bertz CT molecular complexity index is 1370. The first kappa shape index (κ1) is 20.8. The number of hydrogen-bond acceptors (Lipinski definition) is 5. The number of fused-ring (bicyclic) bond motifs is 2. The van der Waals surface area contributed by atoms with Crippen LogP contribution in [-0.2, 0) is 16.3 Å². The number of carbonyl (C=O) groups excluding carboxylic acids is 1. The Hall–Kier alpha value is -2.74. The van der Waals surface area contributed by atoms with Gasteiger partial charge in [-0.3, -0.25) is 4.79 Å². The van der Waals surface area contributed by atoms with Gasteiger partial charge in [0.1, 0.15) is 0 Å². The number of nitrogens with zero attached hydrogens (tertiary/aromatic N) is 3. The maximum absolute atomic E-state index is 13.6. The molecule has 2 fully saturated rings. The summed E-state index contributed by atoms with van der Waals surface area (Å²) in [6, 6.07) is 10.0. The van der Waals surface area contributed by atoms with Crippen molar-refractivity contribution in [2.24, 2.45) is 0 Å². The zero-order chi connectivity index (χ0) is 22.7. The smallest absolute Gasteiger partial charge is 0.252 e. The molecule has 0 spiro atoms. The Morgan fingerprint density at radius 1 is 1.15 bits per heavy atom. The summed E-state index contributed by atoms with van der Waals surface area (Å²) in [5.41, 5.74) is 5.40. The zero-order valence-corrected chi connectivity index (χ0v) is 19.6. The van der Waals surface area contributed by atoms with Gasteiger partial charge in [0, 0.05) is 11.6 Å². The van der Waals surface area contributed by atoms with Gasteiger partial charge in [-0.05, 0) is 62.6 Å². The van der Waals surface area contributed by atoms with Gasteiger partial charge < -0.3 is 5.32 Å². The Labute approximate surface area is 193 Å². The van der Waals surface area contributed by atoms with Crippen LogP contribution in [0, 0.1) is 6.92 Å². The normalized spacial score (nSPS) is 24.0. The highest BCUT2D eigenvalue weighted by atomic mass is 32.2.